The first kappa shape index (κ1) is 22.2. The van der Waals surface area contributed by atoms with E-state index in [2.05, 4.69) is 27.6 Å². The molecule has 0 atom stereocenters. The number of nitrogens with one attached hydrogen (secondary N) is 2. The summed E-state index contributed by atoms with van der Waals surface area (Å²) in [6, 6.07) is 11.6. The SMILES string of the molecule is CCCn1cc(CN=C(NC(=O)c2cccc(F)c2)Nc2cc(C)ccc2C)c(C)n1. The normalized spacial score (nSPS) is 11.5. The number of amides is 1. The van der Waals surface area contributed by atoms with Gasteiger partial charge in [0, 0.05) is 29.6 Å². The number of nitrogens with zero attached hydrogens (tertiary/aromatic N) is 3. The highest BCUT2D eigenvalue weighted by atomic mass is 19.1. The topological polar surface area (TPSA) is 71.3 Å². The van der Waals surface area contributed by atoms with Gasteiger partial charge >= 0.3 is 0 Å². The van der Waals surface area contributed by atoms with Crippen LogP contribution >= 0.6 is 0 Å². The highest BCUT2D eigenvalue weighted by Gasteiger charge is 2.12. The second-order valence-electron chi connectivity index (χ2n) is 7.58. The summed E-state index contributed by atoms with van der Waals surface area (Å²) in [7, 11) is 0. The van der Waals surface area contributed by atoms with Gasteiger partial charge in [0.15, 0.2) is 0 Å². The van der Waals surface area contributed by atoms with Crippen LogP contribution < -0.4 is 10.6 Å². The zero-order chi connectivity index (χ0) is 22.4. The molecular weight excluding hydrogens is 393 g/mol. The van der Waals surface area contributed by atoms with Crippen molar-refractivity contribution in [2.24, 2.45) is 4.99 Å². The van der Waals surface area contributed by atoms with E-state index in [1.807, 2.05) is 49.8 Å². The second-order valence-corrected chi connectivity index (χ2v) is 7.58. The molecule has 162 valence electrons. The van der Waals surface area contributed by atoms with Gasteiger partial charge in [-0.15, -0.1) is 0 Å². The molecule has 2 aromatic carbocycles. The van der Waals surface area contributed by atoms with Crippen molar-refractivity contribution in [3.8, 4) is 0 Å². The predicted molar refractivity (Wildman–Crippen MR) is 122 cm³/mol. The number of rotatable bonds is 6. The minimum atomic E-state index is -0.465. The van der Waals surface area contributed by atoms with E-state index >= 15 is 0 Å². The van der Waals surface area contributed by atoms with Crippen LogP contribution in [0.3, 0.4) is 0 Å². The van der Waals surface area contributed by atoms with Crippen LogP contribution in [0.25, 0.3) is 0 Å². The number of hydrogen-bond donors (Lipinski definition) is 2. The lowest BCUT2D eigenvalue weighted by atomic mass is 10.1. The Labute approximate surface area is 182 Å². The molecule has 31 heavy (non-hydrogen) atoms. The monoisotopic (exact) mass is 421 g/mol. The van der Waals surface area contributed by atoms with Crippen molar-refractivity contribution < 1.29 is 9.18 Å². The first-order valence-electron chi connectivity index (χ1n) is 10.3. The van der Waals surface area contributed by atoms with Crippen molar-refractivity contribution >= 4 is 17.6 Å². The molecule has 0 spiro atoms. The second kappa shape index (κ2) is 10.0. The van der Waals surface area contributed by atoms with Crippen molar-refractivity contribution in [2.75, 3.05) is 5.32 Å². The Balaban J connectivity index is 1.86. The zero-order valence-corrected chi connectivity index (χ0v) is 18.4. The molecule has 0 radical (unpaired) electrons. The van der Waals surface area contributed by atoms with Crippen molar-refractivity contribution in [3.63, 3.8) is 0 Å². The van der Waals surface area contributed by atoms with Gasteiger partial charge in [0.05, 0.1) is 12.2 Å². The zero-order valence-electron chi connectivity index (χ0n) is 18.4. The van der Waals surface area contributed by atoms with Crippen LogP contribution in [0.15, 0.2) is 53.7 Å². The molecule has 0 aliphatic heterocycles. The average Bonchev–Trinajstić information content (AvgIpc) is 3.08. The summed E-state index contributed by atoms with van der Waals surface area (Å²) in [5, 5.41) is 10.5. The van der Waals surface area contributed by atoms with E-state index < -0.39 is 11.7 Å². The molecule has 0 aliphatic rings. The Morgan fingerprint density at radius 2 is 1.97 bits per heavy atom. The summed E-state index contributed by atoms with van der Waals surface area (Å²) in [6.45, 7) is 9.22. The molecule has 0 fully saturated rings. The van der Waals surface area contributed by atoms with Crippen LogP contribution in [-0.4, -0.2) is 21.6 Å². The number of benzene rings is 2. The molecule has 7 heteroatoms. The number of anilines is 1. The lowest BCUT2D eigenvalue weighted by Crippen LogP contribution is -2.36. The average molecular weight is 422 g/mol. The van der Waals surface area contributed by atoms with Crippen molar-refractivity contribution in [1.29, 1.82) is 0 Å². The summed E-state index contributed by atoms with van der Waals surface area (Å²) in [5.41, 5.74) is 5.05. The van der Waals surface area contributed by atoms with E-state index in [0.29, 0.717) is 12.5 Å². The third kappa shape index (κ3) is 6.01. The lowest BCUT2D eigenvalue weighted by Gasteiger charge is -2.14. The maximum atomic E-state index is 13.6. The van der Waals surface area contributed by atoms with E-state index in [-0.39, 0.29) is 5.56 Å². The molecule has 1 aromatic heterocycles. The highest BCUT2D eigenvalue weighted by molar-refractivity contribution is 6.10. The summed E-state index contributed by atoms with van der Waals surface area (Å²) in [5.74, 6) is -0.604. The maximum Gasteiger partial charge on any atom is 0.258 e. The number of aliphatic imine (C=N–C) groups is 1. The van der Waals surface area contributed by atoms with Crippen molar-refractivity contribution in [3.05, 3.63) is 82.4 Å². The number of halogens is 1. The maximum absolute atomic E-state index is 13.6. The van der Waals surface area contributed by atoms with Crippen LogP contribution in [0.5, 0.6) is 0 Å². The molecule has 1 amide bonds. The minimum absolute atomic E-state index is 0.224. The van der Waals surface area contributed by atoms with E-state index in [9.17, 15) is 9.18 Å². The van der Waals surface area contributed by atoms with Crippen LogP contribution in [0.4, 0.5) is 10.1 Å². The fraction of sp³-hybridized carbons (Fsp3) is 0.292. The van der Waals surface area contributed by atoms with Crippen LogP contribution in [0.1, 0.15) is 46.1 Å². The van der Waals surface area contributed by atoms with Crippen LogP contribution in [0, 0.1) is 26.6 Å². The first-order chi connectivity index (χ1) is 14.9. The quantitative estimate of drug-likeness (QED) is 0.445. The molecule has 6 nitrogen and oxygen atoms in total. The first-order valence-corrected chi connectivity index (χ1v) is 10.3. The number of carbonyl (C=O) groups is 1. The molecule has 0 saturated heterocycles. The number of aromatic nitrogens is 2. The molecule has 1 heterocycles. The third-order valence-electron chi connectivity index (χ3n) is 4.87. The van der Waals surface area contributed by atoms with Gasteiger partial charge in [0.25, 0.3) is 5.91 Å². The molecule has 3 rings (SSSR count). The lowest BCUT2D eigenvalue weighted by molar-refractivity contribution is 0.0976. The van der Waals surface area contributed by atoms with E-state index in [1.165, 1.54) is 18.2 Å². The highest BCUT2D eigenvalue weighted by Crippen LogP contribution is 2.17. The van der Waals surface area contributed by atoms with Gasteiger partial charge in [0.2, 0.25) is 5.96 Å². The molecule has 2 N–H and O–H groups in total. The van der Waals surface area contributed by atoms with Crippen LogP contribution in [0.2, 0.25) is 0 Å². The molecular formula is C24H28FN5O. The Morgan fingerprint density at radius 3 is 2.71 bits per heavy atom. The van der Waals surface area contributed by atoms with Gasteiger partial charge in [0.1, 0.15) is 5.82 Å². The predicted octanol–water partition coefficient (Wildman–Crippen LogP) is 4.76. The molecule has 0 bridgehead atoms. The van der Waals surface area contributed by atoms with Crippen molar-refractivity contribution in [2.45, 2.75) is 47.2 Å². The Bertz CT molecular complexity index is 1100. The van der Waals surface area contributed by atoms with Gasteiger partial charge in [-0.25, -0.2) is 9.38 Å². The van der Waals surface area contributed by atoms with E-state index in [4.69, 9.17) is 0 Å². The van der Waals surface area contributed by atoms with Gasteiger partial charge in [-0.3, -0.25) is 14.8 Å². The van der Waals surface area contributed by atoms with Gasteiger partial charge in [-0.1, -0.05) is 25.1 Å². The summed E-state index contributed by atoms with van der Waals surface area (Å²) in [6.07, 6.45) is 2.97. The van der Waals surface area contributed by atoms with Gasteiger partial charge in [-0.05, 0) is 62.6 Å². The largest absolute Gasteiger partial charge is 0.326 e. The summed E-state index contributed by atoms with van der Waals surface area (Å²) in [4.78, 5) is 17.3. The minimum Gasteiger partial charge on any atom is -0.326 e. The van der Waals surface area contributed by atoms with Gasteiger partial charge < -0.3 is 5.32 Å². The smallest absolute Gasteiger partial charge is 0.258 e. The number of aryl methyl sites for hydroxylation is 4. The molecule has 0 unspecified atom stereocenters. The fourth-order valence-corrected chi connectivity index (χ4v) is 3.14. The number of carbonyl (C=O) groups excluding carboxylic acids is 1. The number of guanidine groups is 1. The molecule has 3 aromatic rings. The van der Waals surface area contributed by atoms with Gasteiger partial charge in [-0.2, -0.15) is 5.10 Å². The summed E-state index contributed by atoms with van der Waals surface area (Å²) < 4.78 is 15.5. The van der Waals surface area contributed by atoms with E-state index in [0.717, 1.165) is 41.0 Å². The third-order valence-corrected chi connectivity index (χ3v) is 4.87. The molecule has 0 saturated carbocycles. The Kier molecular flexibility index (Phi) is 7.18. The fourth-order valence-electron chi connectivity index (χ4n) is 3.14. The van der Waals surface area contributed by atoms with Crippen molar-refractivity contribution in [1.82, 2.24) is 15.1 Å². The van der Waals surface area contributed by atoms with Crippen LogP contribution in [-0.2, 0) is 13.1 Å². The Morgan fingerprint density at radius 1 is 1.16 bits per heavy atom. The Hall–Kier alpha value is -3.48. The number of hydrogen-bond acceptors (Lipinski definition) is 3. The van der Waals surface area contributed by atoms with E-state index in [1.54, 1.807) is 6.07 Å². The standard InChI is InChI=1S/C24H28FN5O/c1-5-11-30-15-20(18(4)29-30)14-26-24(27-22-12-16(2)9-10-17(22)3)28-23(31)19-7-6-8-21(25)13-19/h6-10,12-13,15H,5,11,14H2,1-4H3,(H2,26,27,28,31). The molecule has 0 aliphatic carbocycles. The summed E-state index contributed by atoms with van der Waals surface area (Å²) >= 11 is 0.